The van der Waals surface area contributed by atoms with Crippen LogP contribution in [0.4, 0.5) is 4.39 Å². The van der Waals surface area contributed by atoms with Gasteiger partial charge in [-0.2, -0.15) is 0 Å². The highest BCUT2D eigenvalue weighted by Gasteiger charge is 2.05. The van der Waals surface area contributed by atoms with Crippen molar-refractivity contribution in [3.8, 4) is 0 Å². The fourth-order valence-corrected chi connectivity index (χ4v) is 2.37. The highest BCUT2D eigenvalue weighted by Crippen LogP contribution is 2.09. The minimum absolute atomic E-state index is 0.367. The average molecular weight is 297 g/mol. The second-order valence-corrected chi connectivity index (χ2v) is 5.05. The smallest absolute Gasteiger partial charge is 0.230 e. The van der Waals surface area contributed by atoms with E-state index in [-0.39, 0.29) is 5.82 Å². The summed E-state index contributed by atoms with van der Waals surface area (Å²) in [5, 5.41) is 8.55. The van der Waals surface area contributed by atoms with Crippen LogP contribution >= 0.6 is 0 Å². The summed E-state index contributed by atoms with van der Waals surface area (Å²) in [6, 6.07) is 11.0. The molecule has 0 N–H and O–H groups in total. The Morgan fingerprint density at radius 3 is 2.23 bits per heavy atom. The lowest BCUT2D eigenvalue weighted by atomic mass is 10.2. The number of halogens is 1. The maximum atomic E-state index is 12.9. The third-order valence-electron chi connectivity index (χ3n) is 3.59. The van der Waals surface area contributed by atoms with Crippen LogP contribution < -0.4 is 5.62 Å². The Labute approximate surface area is 127 Å². The zero-order valence-electron chi connectivity index (χ0n) is 12.7. The van der Waals surface area contributed by atoms with E-state index in [1.54, 1.807) is 13.0 Å². The molecule has 2 heterocycles. The van der Waals surface area contributed by atoms with Gasteiger partial charge in [-0.25, -0.2) is 4.39 Å². The number of para-hydroxylation sites is 2. The molecule has 6 heteroatoms. The first-order valence-electron chi connectivity index (χ1n) is 6.88. The van der Waals surface area contributed by atoms with Crippen LogP contribution in [0.2, 0.25) is 0 Å². The van der Waals surface area contributed by atoms with Crippen molar-refractivity contribution in [3.63, 3.8) is 0 Å². The highest BCUT2D eigenvalue weighted by molar-refractivity contribution is 5.96. The van der Waals surface area contributed by atoms with Gasteiger partial charge >= 0.3 is 0 Å². The van der Waals surface area contributed by atoms with Crippen molar-refractivity contribution >= 4 is 16.7 Å². The van der Waals surface area contributed by atoms with Gasteiger partial charge in [0.2, 0.25) is 5.62 Å². The fraction of sp³-hybridized carbons (Fsp3) is 0.188. The topological polar surface area (TPSA) is 47.5 Å². The molecule has 0 amide bonds. The van der Waals surface area contributed by atoms with Gasteiger partial charge in [0.25, 0.3) is 0 Å². The van der Waals surface area contributed by atoms with E-state index in [4.69, 9.17) is 0 Å². The van der Waals surface area contributed by atoms with Crippen molar-refractivity contribution in [2.24, 2.45) is 24.3 Å². The summed E-state index contributed by atoms with van der Waals surface area (Å²) in [5.74, 6) is -0.367. The Morgan fingerprint density at radius 2 is 1.68 bits per heavy atom. The molecule has 0 radical (unpaired) electrons. The summed E-state index contributed by atoms with van der Waals surface area (Å²) in [7, 11) is 3.89. The molecule has 0 bridgehead atoms. The van der Waals surface area contributed by atoms with Gasteiger partial charge in [0, 0.05) is 14.1 Å². The minimum Gasteiger partial charge on any atom is -0.312 e. The number of rotatable bonds is 2. The predicted octanol–water partition coefficient (Wildman–Crippen LogP) is 2.38. The quantitative estimate of drug-likeness (QED) is 0.529. The van der Waals surface area contributed by atoms with Gasteiger partial charge in [0.05, 0.1) is 28.6 Å². The molecule has 0 aliphatic rings. The molecule has 1 aromatic carbocycles. The lowest BCUT2D eigenvalue weighted by Gasteiger charge is -1.97. The number of fused-ring (bicyclic) bond motifs is 1. The summed E-state index contributed by atoms with van der Waals surface area (Å²) in [4.78, 5) is 4.00. The van der Waals surface area contributed by atoms with E-state index in [0.717, 1.165) is 16.7 Å². The zero-order chi connectivity index (χ0) is 15.7. The third-order valence-corrected chi connectivity index (χ3v) is 3.59. The van der Waals surface area contributed by atoms with Gasteiger partial charge in [0.1, 0.15) is 5.82 Å². The van der Waals surface area contributed by atoms with E-state index in [1.807, 2.05) is 47.5 Å². The van der Waals surface area contributed by atoms with Crippen molar-refractivity contribution in [3.05, 3.63) is 59.7 Å². The lowest BCUT2D eigenvalue weighted by Crippen LogP contribution is -2.21. The second kappa shape index (κ2) is 5.55. The first-order valence-corrected chi connectivity index (χ1v) is 6.88. The molecule has 2 aromatic heterocycles. The van der Waals surface area contributed by atoms with Crippen molar-refractivity contribution in [2.75, 3.05) is 0 Å². The summed E-state index contributed by atoms with van der Waals surface area (Å²) in [6.07, 6.45) is 1.17. The van der Waals surface area contributed by atoms with Crippen LogP contribution in [0.25, 0.3) is 11.0 Å². The summed E-state index contributed by atoms with van der Waals surface area (Å²) >= 11 is 0. The molecule has 3 aromatic rings. The maximum absolute atomic E-state index is 12.9. The lowest BCUT2D eigenvalue weighted by molar-refractivity contribution is 0.621. The van der Waals surface area contributed by atoms with Crippen molar-refractivity contribution in [1.29, 1.82) is 0 Å². The molecule has 0 saturated carbocycles. The van der Waals surface area contributed by atoms with Crippen molar-refractivity contribution in [1.82, 2.24) is 14.1 Å². The van der Waals surface area contributed by atoms with Crippen LogP contribution in [0.3, 0.4) is 0 Å². The zero-order valence-corrected chi connectivity index (χ0v) is 12.7. The van der Waals surface area contributed by atoms with Gasteiger partial charge in [-0.05, 0) is 31.2 Å². The molecule has 0 aliphatic heterocycles. The molecule has 3 rings (SSSR count). The number of aromatic nitrogens is 3. The SMILES string of the molecule is C/C(=N\N=c1n(C)c2ccccc2n1C)c1ccc(F)cn1. The molecular weight excluding hydrogens is 281 g/mol. The number of benzene rings is 1. The number of hydrogen-bond acceptors (Lipinski definition) is 3. The van der Waals surface area contributed by atoms with Gasteiger partial charge in [0.15, 0.2) is 0 Å². The monoisotopic (exact) mass is 297 g/mol. The molecule has 0 fully saturated rings. The molecule has 0 saturated heterocycles. The standard InChI is InChI=1S/C16H16FN5/c1-11(13-9-8-12(17)10-18-13)19-20-16-21(2)14-6-4-5-7-15(14)22(16)3/h4-10H,1-3H3/b19-11+. The molecule has 5 nitrogen and oxygen atoms in total. The van der Waals surface area contributed by atoms with Crippen LogP contribution in [0.15, 0.2) is 52.8 Å². The molecule has 0 spiro atoms. The van der Waals surface area contributed by atoms with Crippen LogP contribution in [0.1, 0.15) is 12.6 Å². The van der Waals surface area contributed by atoms with Gasteiger partial charge in [-0.15, -0.1) is 10.2 Å². The van der Waals surface area contributed by atoms with Crippen molar-refractivity contribution < 1.29 is 4.39 Å². The first kappa shape index (κ1) is 14.2. The van der Waals surface area contributed by atoms with Crippen LogP contribution in [0.5, 0.6) is 0 Å². The average Bonchev–Trinajstić information content (AvgIpc) is 2.78. The summed E-state index contributed by atoms with van der Waals surface area (Å²) < 4.78 is 16.8. The second-order valence-electron chi connectivity index (χ2n) is 5.05. The van der Waals surface area contributed by atoms with E-state index in [0.29, 0.717) is 11.4 Å². The van der Waals surface area contributed by atoms with Crippen molar-refractivity contribution in [2.45, 2.75) is 6.92 Å². The molecule has 22 heavy (non-hydrogen) atoms. The number of aryl methyl sites for hydroxylation is 2. The Kier molecular flexibility index (Phi) is 3.58. The van der Waals surface area contributed by atoms with E-state index >= 15 is 0 Å². The van der Waals surface area contributed by atoms with E-state index in [2.05, 4.69) is 15.2 Å². The van der Waals surface area contributed by atoms with Crippen LogP contribution in [-0.4, -0.2) is 19.8 Å². The van der Waals surface area contributed by atoms with E-state index < -0.39 is 0 Å². The summed E-state index contributed by atoms with van der Waals surface area (Å²) in [5.41, 5.74) is 4.12. The Balaban J connectivity index is 2.09. The number of imidazole rings is 1. The van der Waals surface area contributed by atoms with Crippen LogP contribution in [-0.2, 0) is 14.1 Å². The van der Waals surface area contributed by atoms with Gasteiger partial charge in [-0.1, -0.05) is 12.1 Å². The summed E-state index contributed by atoms with van der Waals surface area (Å²) in [6.45, 7) is 1.80. The van der Waals surface area contributed by atoms with E-state index in [9.17, 15) is 4.39 Å². The number of pyridine rings is 1. The Morgan fingerprint density at radius 1 is 1.05 bits per heavy atom. The largest absolute Gasteiger partial charge is 0.312 e. The predicted molar refractivity (Wildman–Crippen MR) is 83.9 cm³/mol. The highest BCUT2D eigenvalue weighted by atomic mass is 19.1. The minimum atomic E-state index is -0.367. The van der Waals surface area contributed by atoms with E-state index in [1.165, 1.54) is 12.3 Å². The number of nitrogens with zero attached hydrogens (tertiary/aromatic N) is 5. The Bertz CT molecular complexity index is 874. The molecule has 0 unspecified atom stereocenters. The molecular formula is C16H16FN5. The third kappa shape index (κ3) is 2.43. The maximum Gasteiger partial charge on any atom is 0.230 e. The molecule has 0 atom stereocenters. The Hall–Kier alpha value is -2.76. The van der Waals surface area contributed by atoms with Crippen LogP contribution in [0, 0.1) is 5.82 Å². The first-order chi connectivity index (χ1) is 10.6. The molecule has 112 valence electrons. The number of hydrogen-bond donors (Lipinski definition) is 0. The van der Waals surface area contributed by atoms with Gasteiger partial charge in [-0.3, -0.25) is 4.98 Å². The van der Waals surface area contributed by atoms with Gasteiger partial charge < -0.3 is 9.13 Å². The molecule has 0 aliphatic carbocycles. The fourth-order valence-electron chi connectivity index (χ4n) is 2.37. The normalized spacial score (nSPS) is 11.9.